The third-order valence-electron chi connectivity index (χ3n) is 3.77. The molecule has 140 valence electrons. The van der Waals surface area contributed by atoms with Gasteiger partial charge in [0.2, 0.25) is 0 Å². The van der Waals surface area contributed by atoms with Crippen molar-refractivity contribution < 1.29 is 18.6 Å². The molecule has 2 N–H and O–H groups in total. The molecule has 1 aromatic heterocycles. The number of rotatable bonds is 8. The average Bonchev–Trinajstić information content (AvgIpc) is 2.60. The molecular weight excluding hydrogens is 338 g/mol. The Morgan fingerprint density at radius 3 is 2.46 bits per heavy atom. The summed E-state index contributed by atoms with van der Waals surface area (Å²) >= 11 is 0. The van der Waals surface area contributed by atoms with E-state index < -0.39 is 6.11 Å². The molecule has 0 aliphatic heterocycles. The van der Waals surface area contributed by atoms with E-state index in [0.717, 1.165) is 29.5 Å². The molecular formula is C20H24F2N2O2. The Kier molecular flexibility index (Phi) is 6.69. The van der Waals surface area contributed by atoms with Gasteiger partial charge in [0.15, 0.2) is 0 Å². The molecule has 1 aromatic carbocycles. The highest BCUT2D eigenvalue weighted by atomic mass is 19.3. The molecule has 6 heteroatoms. The summed E-state index contributed by atoms with van der Waals surface area (Å²) < 4.78 is 30.4. The number of benzene rings is 1. The monoisotopic (exact) mass is 362 g/mol. The minimum absolute atomic E-state index is 0.0838. The normalized spacial score (nSPS) is 12.2. The molecule has 0 atom stereocenters. The first-order valence-electron chi connectivity index (χ1n) is 8.60. The molecule has 0 radical (unpaired) electrons. The number of anilines is 2. The number of aliphatic hydroxyl groups is 1. The van der Waals surface area contributed by atoms with Gasteiger partial charge in [-0.25, -0.2) is 4.98 Å². The van der Waals surface area contributed by atoms with Gasteiger partial charge in [0.25, 0.3) is 0 Å². The summed E-state index contributed by atoms with van der Waals surface area (Å²) in [5.74, 6) is 0.702. The number of hydrogen-bond acceptors (Lipinski definition) is 4. The van der Waals surface area contributed by atoms with Gasteiger partial charge in [-0.15, -0.1) is 0 Å². The van der Waals surface area contributed by atoms with Gasteiger partial charge in [0, 0.05) is 24.4 Å². The van der Waals surface area contributed by atoms with Crippen LogP contribution in [0, 0.1) is 0 Å². The molecule has 0 saturated heterocycles. The van der Waals surface area contributed by atoms with Gasteiger partial charge < -0.3 is 15.2 Å². The van der Waals surface area contributed by atoms with Crippen LogP contribution in [0.3, 0.4) is 0 Å². The number of nitrogens with zero attached hydrogens (tertiary/aromatic N) is 1. The minimum atomic E-state index is -3.22. The maximum atomic E-state index is 12.9. The molecule has 26 heavy (non-hydrogen) atoms. The standard InChI is InChI=1S/C20H24F2N2O2/c1-4-6-14(5-2)18-15(13-25)11-12-23-19(18)24-16-7-9-17(10-8-16)26-20(3,21)22/h6-12,25H,4-5,13H2,1-3H3,(H,23,24)/b14-6+. The van der Waals surface area contributed by atoms with E-state index in [1.165, 1.54) is 12.1 Å². The number of allylic oxidation sites excluding steroid dienone is 2. The van der Waals surface area contributed by atoms with Crippen LogP contribution in [0.5, 0.6) is 5.75 Å². The van der Waals surface area contributed by atoms with Crippen molar-refractivity contribution in [2.24, 2.45) is 0 Å². The molecule has 0 unspecified atom stereocenters. The highest BCUT2D eigenvalue weighted by molar-refractivity contribution is 5.79. The van der Waals surface area contributed by atoms with E-state index >= 15 is 0 Å². The molecule has 0 fully saturated rings. The minimum Gasteiger partial charge on any atom is -0.433 e. The maximum absolute atomic E-state index is 12.9. The number of ether oxygens (including phenoxy) is 1. The Balaban J connectivity index is 2.33. The molecule has 4 nitrogen and oxygen atoms in total. The fourth-order valence-electron chi connectivity index (χ4n) is 2.71. The topological polar surface area (TPSA) is 54.4 Å². The third kappa shape index (κ3) is 5.26. The van der Waals surface area contributed by atoms with Crippen LogP contribution in [0.25, 0.3) is 5.57 Å². The first-order valence-corrected chi connectivity index (χ1v) is 8.60. The fourth-order valence-corrected chi connectivity index (χ4v) is 2.71. The average molecular weight is 362 g/mol. The summed E-state index contributed by atoms with van der Waals surface area (Å²) in [4.78, 5) is 4.40. The van der Waals surface area contributed by atoms with Crippen molar-refractivity contribution in [1.82, 2.24) is 4.98 Å². The molecule has 0 saturated carbocycles. The van der Waals surface area contributed by atoms with E-state index in [-0.39, 0.29) is 12.4 Å². The van der Waals surface area contributed by atoms with Crippen molar-refractivity contribution >= 4 is 17.1 Å². The number of pyridine rings is 1. The van der Waals surface area contributed by atoms with Crippen LogP contribution in [0.2, 0.25) is 0 Å². The quantitative estimate of drug-likeness (QED) is 0.650. The summed E-state index contributed by atoms with van der Waals surface area (Å²) in [6.45, 7) is 4.71. The molecule has 0 spiro atoms. The summed E-state index contributed by atoms with van der Waals surface area (Å²) in [7, 11) is 0. The van der Waals surface area contributed by atoms with Crippen molar-refractivity contribution in [3.05, 3.63) is 53.7 Å². The molecule has 0 bridgehead atoms. The first-order chi connectivity index (χ1) is 12.4. The van der Waals surface area contributed by atoms with Gasteiger partial charge in [-0.2, -0.15) is 8.78 Å². The molecule has 2 rings (SSSR count). The van der Waals surface area contributed by atoms with E-state index in [1.807, 2.05) is 0 Å². The Bertz CT molecular complexity index is 753. The van der Waals surface area contributed by atoms with Crippen molar-refractivity contribution in [1.29, 1.82) is 0 Å². The zero-order valence-electron chi connectivity index (χ0n) is 15.2. The Labute approximate surface area is 152 Å². The molecule has 0 aliphatic carbocycles. The molecule has 2 aromatic rings. The van der Waals surface area contributed by atoms with Crippen LogP contribution in [-0.4, -0.2) is 16.2 Å². The van der Waals surface area contributed by atoms with Crippen molar-refractivity contribution in [3.8, 4) is 5.75 Å². The predicted octanol–water partition coefficient (Wildman–Crippen LogP) is 5.51. The predicted molar refractivity (Wildman–Crippen MR) is 99.7 cm³/mol. The van der Waals surface area contributed by atoms with E-state index in [1.54, 1.807) is 24.4 Å². The van der Waals surface area contributed by atoms with E-state index in [4.69, 9.17) is 0 Å². The maximum Gasteiger partial charge on any atom is 0.394 e. The zero-order chi connectivity index (χ0) is 19.2. The van der Waals surface area contributed by atoms with Crippen LogP contribution in [0.1, 0.15) is 44.7 Å². The smallest absolute Gasteiger partial charge is 0.394 e. The lowest BCUT2D eigenvalue weighted by molar-refractivity contribution is -0.158. The van der Waals surface area contributed by atoms with Gasteiger partial charge in [-0.3, -0.25) is 0 Å². The van der Waals surface area contributed by atoms with Crippen LogP contribution in [0.4, 0.5) is 20.3 Å². The van der Waals surface area contributed by atoms with Crippen LogP contribution in [-0.2, 0) is 6.61 Å². The molecule has 1 heterocycles. The lowest BCUT2D eigenvalue weighted by atomic mass is 9.98. The second-order valence-corrected chi connectivity index (χ2v) is 5.90. The Morgan fingerprint density at radius 2 is 1.92 bits per heavy atom. The number of nitrogens with one attached hydrogen (secondary N) is 1. The Hall–Kier alpha value is -2.47. The second kappa shape index (κ2) is 8.76. The number of halogens is 2. The number of aromatic nitrogens is 1. The largest absolute Gasteiger partial charge is 0.433 e. The SMILES string of the molecule is CC/C=C(\CC)c1c(CO)ccnc1Nc1ccc(OC(C)(F)F)cc1. The highest BCUT2D eigenvalue weighted by Gasteiger charge is 2.23. The summed E-state index contributed by atoms with van der Waals surface area (Å²) in [6.07, 6.45) is 2.20. The lowest BCUT2D eigenvalue weighted by Crippen LogP contribution is -2.18. The Morgan fingerprint density at radius 1 is 1.23 bits per heavy atom. The first kappa shape index (κ1) is 19.8. The van der Waals surface area contributed by atoms with Gasteiger partial charge >= 0.3 is 6.11 Å². The van der Waals surface area contributed by atoms with Crippen LogP contribution >= 0.6 is 0 Å². The number of alkyl halides is 2. The van der Waals surface area contributed by atoms with Crippen LogP contribution in [0.15, 0.2) is 42.6 Å². The second-order valence-electron chi connectivity index (χ2n) is 5.90. The van der Waals surface area contributed by atoms with Gasteiger partial charge in [-0.1, -0.05) is 19.9 Å². The van der Waals surface area contributed by atoms with Crippen LogP contribution < -0.4 is 10.1 Å². The summed E-state index contributed by atoms with van der Waals surface area (Å²) in [5.41, 5.74) is 3.44. The summed E-state index contributed by atoms with van der Waals surface area (Å²) in [5, 5.41) is 12.9. The third-order valence-corrected chi connectivity index (χ3v) is 3.77. The van der Waals surface area contributed by atoms with Crippen molar-refractivity contribution in [2.45, 2.75) is 46.3 Å². The van der Waals surface area contributed by atoms with E-state index in [0.29, 0.717) is 18.4 Å². The summed E-state index contributed by atoms with van der Waals surface area (Å²) in [6, 6.07) is 8.02. The lowest BCUT2D eigenvalue weighted by Gasteiger charge is -2.17. The number of hydrogen-bond donors (Lipinski definition) is 2. The zero-order valence-corrected chi connectivity index (χ0v) is 15.2. The van der Waals surface area contributed by atoms with Crippen molar-refractivity contribution in [2.75, 3.05) is 5.32 Å². The fraction of sp³-hybridized carbons (Fsp3) is 0.350. The van der Waals surface area contributed by atoms with Gasteiger partial charge in [0.05, 0.1) is 6.61 Å². The highest BCUT2D eigenvalue weighted by Crippen LogP contribution is 2.31. The molecule has 0 aliphatic rings. The number of aliphatic hydroxyl groups excluding tert-OH is 1. The van der Waals surface area contributed by atoms with Crippen molar-refractivity contribution in [3.63, 3.8) is 0 Å². The molecule has 0 amide bonds. The van der Waals surface area contributed by atoms with E-state index in [9.17, 15) is 13.9 Å². The van der Waals surface area contributed by atoms with Gasteiger partial charge in [0.1, 0.15) is 11.6 Å². The van der Waals surface area contributed by atoms with Gasteiger partial charge in [-0.05, 0) is 54.3 Å². The van der Waals surface area contributed by atoms with E-state index in [2.05, 4.69) is 35.0 Å².